The van der Waals surface area contributed by atoms with Gasteiger partial charge in [0, 0.05) is 12.0 Å². The van der Waals surface area contributed by atoms with Crippen molar-refractivity contribution in [3.63, 3.8) is 0 Å². The van der Waals surface area contributed by atoms with Gasteiger partial charge in [0.25, 0.3) is 0 Å². The Hall–Kier alpha value is -1.87. The average molecular weight is 368 g/mol. The maximum Gasteiger partial charge on any atom is 0.0672 e. The van der Waals surface area contributed by atoms with Gasteiger partial charge in [0.2, 0.25) is 0 Å². The summed E-state index contributed by atoms with van der Waals surface area (Å²) in [6, 6.07) is 0. The maximum atomic E-state index is 4.84. The second-order valence-corrected chi connectivity index (χ2v) is 7.69. The minimum atomic E-state index is 0.241. The van der Waals surface area contributed by atoms with Crippen LogP contribution in [0.2, 0.25) is 0 Å². The molecule has 0 aromatic carbocycles. The van der Waals surface area contributed by atoms with Gasteiger partial charge in [-0.05, 0) is 43.4 Å². The summed E-state index contributed by atoms with van der Waals surface area (Å²) in [5, 5.41) is 10.6. The second kappa shape index (κ2) is 11.1. The van der Waals surface area contributed by atoms with Gasteiger partial charge in [-0.1, -0.05) is 76.3 Å². The topological polar surface area (TPSA) is 27.6 Å². The van der Waals surface area contributed by atoms with Gasteiger partial charge in [-0.15, -0.1) is 0 Å². The summed E-state index contributed by atoms with van der Waals surface area (Å²) < 4.78 is 0. The van der Waals surface area contributed by atoms with Crippen molar-refractivity contribution in [1.82, 2.24) is 10.3 Å². The molecule has 0 bridgehead atoms. The lowest BCUT2D eigenvalue weighted by Gasteiger charge is -2.30. The highest BCUT2D eigenvalue weighted by Gasteiger charge is 2.28. The molecule has 0 radical (unpaired) electrons. The van der Waals surface area contributed by atoms with E-state index in [0.717, 1.165) is 44.7 Å². The minimum Gasteiger partial charge on any atom is -0.316 e. The van der Waals surface area contributed by atoms with Gasteiger partial charge >= 0.3 is 0 Å². The van der Waals surface area contributed by atoms with Crippen molar-refractivity contribution in [3.8, 4) is 0 Å². The van der Waals surface area contributed by atoms with Crippen LogP contribution in [0.25, 0.3) is 0 Å². The maximum absolute atomic E-state index is 4.84. The van der Waals surface area contributed by atoms with E-state index in [9.17, 15) is 0 Å². The van der Waals surface area contributed by atoms with E-state index in [2.05, 4.69) is 68.1 Å². The minimum absolute atomic E-state index is 0.241. The molecule has 1 N–H and O–H groups in total. The van der Waals surface area contributed by atoms with Crippen LogP contribution in [0.1, 0.15) is 52.9 Å². The highest BCUT2D eigenvalue weighted by atomic mass is 15.5. The first-order valence-electron chi connectivity index (χ1n) is 10.5. The lowest BCUT2D eigenvalue weighted by atomic mass is 9.77. The van der Waals surface area contributed by atoms with Crippen LogP contribution in [0.15, 0.2) is 65.4 Å². The largest absolute Gasteiger partial charge is 0.316 e. The van der Waals surface area contributed by atoms with Crippen LogP contribution in [0.3, 0.4) is 0 Å². The average Bonchev–Trinajstić information content (AvgIpc) is 2.91. The Balaban J connectivity index is 2.03. The van der Waals surface area contributed by atoms with Gasteiger partial charge in [-0.2, -0.15) is 5.10 Å². The van der Waals surface area contributed by atoms with E-state index in [1.54, 1.807) is 0 Å². The van der Waals surface area contributed by atoms with Gasteiger partial charge < -0.3 is 5.32 Å². The molecule has 2 heterocycles. The molecule has 1 fully saturated rings. The van der Waals surface area contributed by atoms with Crippen LogP contribution < -0.4 is 5.32 Å². The summed E-state index contributed by atoms with van der Waals surface area (Å²) in [6.07, 6.45) is 21.1. The van der Waals surface area contributed by atoms with Crippen molar-refractivity contribution in [2.75, 3.05) is 26.2 Å². The molecule has 3 nitrogen and oxygen atoms in total. The number of hydrogen-bond donors (Lipinski definition) is 1. The first kappa shape index (κ1) is 21.4. The molecule has 27 heavy (non-hydrogen) atoms. The van der Waals surface area contributed by atoms with E-state index < -0.39 is 0 Å². The van der Waals surface area contributed by atoms with Gasteiger partial charge in [0.15, 0.2) is 0 Å². The van der Waals surface area contributed by atoms with Crippen LogP contribution in [0.5, 0.6) is 0 Å². The lowest BCUT2D eigenvalue weighted by molar-refractivity contribution is 0.348. The predicted octanol–water partition coefficient (Wildman–Crippen LogP) is 5.41. The molecule has 2 rings (SSSR count). The number of hydrogen-bond acceptors (Lipinski definition) is 3. The molecule has 0 spiro atoms. The number of rotatable bonds is 8. The van der Waals surface area contributed by atoms with Crippen molar-refractivity contribution in [1.29, 1.82) is 0 Å². The molecule has 2 aliphatic heterocycles. The zero-order valence-electron chi connectivity index (χ0n) is 17.5. The first-order valence-corrected chi connectivity index (χ1v) is 10.5. The van der Waals surface area contributed by atoms with Crippen molar-refractivity contribution in [2.45, 2.75) is 52.9 Å². The van der Waals surface area contributed by atoms with Gasteiger partial charge in [-0.3, -0.25) is 5.01 Å². The predicted molar refractivity (Wildman–Crippen MR) is 119 cm³/mol. The van der Waals surface area contributed by atoms with Crippen LogP contribution >= 0.6 is 0 Å². The third-order valence-electron chi connectivity index (χ3n) is 5.45. The molecule has 148 valence electrons. The highest BCUT2D eigenvalue weighted by Crippen LogP contribution is 2.35. The van der Waals surface area contributed by atoms with Crippen molar-refractivity contribution in [3.05, 3.63) is 60.3 Å². The third kappa shape index (κ3) is 6.35. The third-order valence-corrected chi connectivity index (χ3v) is 5.45. The molecule has 0 aromatic rings. The SMILES string of the molecule is C=C/C=C\C1=CCN(C/C=C\C(=C/CC)C2(C)CCCCNC2)N=C1CC. The van der Waals surface area contributed by atoms with E-state index >= 15 is 0 Å². The molecule has 2 aliphatic rings. The molecule has 1 unspecified atom stereocenters. The van der Waals surface area contributed by atoms with Crippen molar-refractivity contribution < 1.29 is 0 Å². The second-order valence-electron chi connectivity index (χ2n) is 7.69. The fraction of sp³-hybridized carbons (Fsp3) is 0.542. The molecule has 1 atom stereocenters. The Kier molecular flexibility index (Phi) is 8.80. The monoisotopic (exact) mass is 367 g/mol. The van der Waals surface area contributed by atoms with Crippen LogP contribution in [0, 0.1) is 5.41 Å². The summed E-state index contributed by atoms with van der Waals surface area (Å²) in [7, 11) is 0. The Bertz CT molecular complexity index is 626. The molecule has 0 aromatic heterocycles. The fourth-order valence-electron chi connectivity index (χ4n) is 3.82. The van der Waals surface area contributed by atoms with E-state index in [0.29, 0.717) is 0 Å². The molecular weight excluding hydrogens is 330 g/mol. The number of nitrogens with zero attached hydrogens (tertiary/aromatic N) is 2. The number of hydrazone groups is 1. The van der Waals surface area contributed by atoms with Crippen molar-refractivity contribution in [2.24, 2.45) is 10.5 Å². The molecule has 0 saturated carbocycles. The zero-order chi connectivity index (χ0) is 19.5. The van der Waals surface area contributed by atoms with E-state index in [4.69, 9.17) is 5.10 Å². The van der Waals surface area contributed by atoms with Crippen LogP contribution in [-0.4, -0.2) is 36.9 Å². The highest BCUT2D eigenvalue weighted by molar-refractivity contribution is 6.02. The van der Waals surface area contributed by atoms with E-state index in [-0.39, 0.29) is 5.41 Å². The Labute approximate surface area is 166 Å². The van der Waals surface area contributed by atoms with Crippen LogP contribution in [0.4, 0.5) is 0 Å². The van der Waals surface area contributed by atoms with E-state index in [1.165, 1.54) is 30.4 Å². The van der Waals surface area contributed by atoms with Gasteiger partial charge in [0.1, 0.15) is 0 Å². The molecule has 1 saturated heterocycles. The quantitative estimate of drug-likeness (QED) is 0.581. The Morgan fingerprint density at radius 1 is 1.37 bits per heavy atom. The normalized spacial score (nSPS) is 24.9. The Morgan fingerprint density at radius 3 is 2.96 bits per heavy atom. The van der Waals surface area contributed by atoms with Crippen molar-refractivity contribution >= 4 is 5.71 Å². The smallest absolute Gasteiger partial charge is 0.0672 e. The zero-order valence-corrected chi connectivity index (χ0v) is 17.5. The van der Waals surface area contributed by atoms with E-state index in [1.807, 2.05) is 12.2 Å². The molecule has 0 aliphatic carbocycles. The molecule has 0 amide bonds. The summed E-state index contributed by atoms with van der Waals surface area (Å²) in [5.74, 6) is 0. The fourth-order valence-corrected chi connectivity index (χ4v) is 3.82. The first-order chi connectivity index (χ1) is 13.1. The van der Waals surface area contributed by atoms with Gasteiger partial charge in [0.05, 0.1) is 18.8 Å². The molecular formula is C24H37N3. The summed E-state index contributed by atoms with van der Waals surface area (Å²) in [6.45, 7) is 14.5. The number of nitrogens with one attached hydrogen (secondary N) is 1. The van der Waals surface area contributed by atoms with Gasteiger partial charge in [-0.25, -0.2) is 0 Å². The Morgan fingerprint density at radius 2 is 2.22 bits per heavy atom. The summed E-state index contributed by atoms with van der Waals surface area (Å²) >= 11 is 0. The van der Waals surface area contributed by atoms with Crippen LogP contribution in [-0.2, 0) is 0 Å². The summed E-state index contributed by atoms with van der Waals surface area (Å²) in [5.41, 5.74) is 4.09. The standard InChI is InChI=1S/C24H37N3/c1-5-8-13-21-15-19-27(26-23(21)7-3)18-11-14-22(12-6-2)24(4)16-9-10-17-25-20-24/h5,8,11-15,25H,1,6-7,9-10,16-20H2,2-4H3/b13-8-,14-11-,22-12+. The lowest BCUT2D eigenvalue weighted by Crippen LogP contribution is -2.31. The summed E-state index contributed by atoms with van der Waals surface area (Å²) in [4.78, 5) is 0. The molecule has 3 heteroatoms. The number of allylic oxidation sites excluding steroid dienone is 6.